The maximum atomic E-state index is 12.3. The first-order chi connectivity index (χ1) is 13.9. The molecule has 0 radical (unpaired) electrons. The van der Waals surface area contributed by atoms with Crippen LogP contribution in [0, 0.1) is 0 Å². The SMILES string of the molecule is CC(=O)c1cccc(S(=O)(=O)NCCNc2ccc(Nc3ccncc3)nn2)c1. The van der Waals surface area contributed by atoms with E-state index in [1.165, 1.54) is 19.1 Å². The number of benzene rings is 1. The number of hydrogen-bond donors (Lipinski definition) is 3. The van der Waals surface area contributed by atoms with Gasteiger partial charge in [0, 0.05) is 36.7 Å². The number of carbonyl (C=O) groups excluding carboxylic acids is 1. The van der Waals surface area contributed by atoms with Crippen molar-refractivity contribution in [2.45, 2.75) is 11.8 Å². The Morgan fingerprint density at radius 2 is 1.69 bits per heavy atom. The molecule has 0 aliphatic rings. The topological polar surface area (TPSA) is 126 Å². The van der Waals surface area contributed by atoms with Crippen LogP contribution in [0.25, 0.3) is 0 Å². The van der Waals surface area contributed by atoms with E-state index in [-0.39, 0.29) is 17.2 Å². The van der Waals surface area contributed by atoms with Crippen molar-refractivity contribution in [3.8, 4) is 0 Å². The quantitative estimate of drug-likeness (QED) is 0.361. The molecule has 150 valence electrons. The monoisotopic (exact) mass is 412 g/mol. The Balaban J connectivity index is 1.50. The molecule has 0 saturated heterocycles. The number of nitrogens with one attached hydrogen (secondary N) is 3. The second kappa shape index (κ2) is 9.22. The molecule has 0 fully saturated rings. The first-order valence-electron chi connectivity index (χ1n) is 8.79. The number of hydrogen-bond acceptors (Lipinski definition) is 8. The van der Waals surface area contributed by atoms with Crippen LogP contribution in [0.1, 0.15) is 17.3 Å². The lowest BCUT2D eigenvalue weighted by molar-refractivity contribution is 0.101. The van der Waals surface area contributed by atoms with Crippen LogP contribution >= 0.6 is 0 Å². The highest BCUT2D eigenvalue weighted by Gasteiger charge is 2.14. The van der Waals surface area contributed by atoms with Crippen LogP contribution in [0.4, 0.5) is 17.3 Å². The zero-order valence-corrected chi connectivity index (χ0v) is 16.5. The molecule has 0 bridgehead atoms. The van der Waals surface area contributed by atoms with Gasteiger partial charge in [0.05, 0.1) is 4.90 Å². The van der Waals surface area contributed by atoms with E-state index >= 15 is 0 Å². The third-order valence-corrected chi connectivity index (χ3v) is 5.35. The average molecular weight is 412 g/mol. The van der Waals surface area contributed by atoms with Gasteiger partial charge in [-0.05, 0) is 43.3 Å². The zero-order valence-electron chi connectivity index (χ0n) is 15.7. The Hall–Kier alpha value is -3.37. The van der Waals surface area contributed by atoms with Crippen molar-refractivity contribution < 1.29 is 13.2 Å². The summed E-state index contributed by atoms with van der Waals surface area (Å²) in [6.07, 6.45) is 3.34. The van der Waals surface area contributed by atoms with Gasteiger partial charge in [0.15, 0.2) is 11.6 Å². The third kappa shape index (κ3) is 5.80. The van der Waals surface area contributed by atoms with Crippen molar-refractivity contribution in [3.05, 3.63) is 66.5 Å². The molecule has 0 unspecified atom stereocenters. The summed E-state index contributed by atoms with van der Waals surface area (Å²) >= 11 is 0. The van der Waals surface area contributed by atoms with Crippen LogP contribution < -0.4 is 15.4 Å². The van der Waals surface area contributed by atoms with E-state index in [2.05, 4.69) is 30.5 Å². The van der Waals surface area contributed by atoms with Gasteiger partial charge in [-0.15, -0.1) is 10.2 Å². The lowest BCUT2D eigenvalue weighted by atomic mass is 10.2. The Morgan fingerprint density at radius 3 is 2.38 bits per heavy atom. The number of sulfonamides is 1. The van der Waals surface area contributed by atoms with Gasteiger partial charge in [-0.2, -0.15) is 0 Å². The Bertz CT molecular complexity index is 1070. The van der Waals surface area contributed by atoms with Gasteiger partial charge >= 0.3 is 0 Å². The average Bonchev–Trinajstić information content (AvgIpc) is 2.73. The Kier molecular flexibility index (Phi) is 6.47. The molecular formula is C19H20N6O3S. The molecule has 1 aromatic carbocycles. The smallest absolute Gasteiger partial charge is 0.240 e. The number of carbonyl (C=O) groups is 1. The molecule has 3 N–H and O–H groups in total. The molecule has 0 amide bonds. The van der Waals surface area contributed by atoms with E-state index in [9.17, 15) is 13.2 Å². The van der Waals surface area contributed by atoms with Gasteiger partial charge in [0.2, 0.25) is 10.0 Å². The van der Waals surface area contributed by atoms with Crippen molar-refractivity contribution in [3.63, 3.8) is 0 Å². The number of ketones is 1. The first-order valence-corrected chi connectivity index (χ1v) is 10.3. The van der Waals surface area contributed by atoms with Crippen LogP contribution in [0.3, 0.4) is 0 Å². The van der Waals surface area contributed by atoms with Crippen LogP contribution in [0.2, 0.25) is 0 Å². The molecule has 3 aromatic rings. The largest absolute Gasteiger partial charge is 0.367 e. The standard InChI is InChI=1S/C19H20N6O3S/c1-14(26)15-3-2-4-17(13-15)29(27,28)22-12-11-21-18-5-6-19(25-24-18)23-16-7-9-20-10-8-16/h2-10,13,22H,11-12H2,1H3,(H,21,24)(H,20,23,25). The number of rotatable bonds is 9. The van der Waals surface area contributed by atoms with E-state index in [1.807, 2.05) is 12.1 Å². The van der Waals surface area contributed by atoms with E-state index < -0.39 is 10.0 Å². The van der Waals surface area contributed by atoms with E-state index in [0.717, 1.165) is 5.69 Å². The summed E-state index contributed by atoms with van der Waals surface area (Å²) in [5.74, 6) is 0.903. The van der Waals surface area contributed by atoms with Crippen molar-refractivity contribution in [2.24, 2.45) is 0 Å². The number of pyridine rings is 1. The molecule has 0 aliphatic carbocycles. The summed E-state index contributed by atoms with van der Waals surface area (Å²) < 4.78 is 27.2. The normalized spacial score (nSPS) is 11.1. The van der Waals surface area contributed by atoms with Crippen LogP contribution in [0.15, 0.2) is 65.8 Å². The van der Waals surface area contributed by atoms with Gasteiger partial charge in [0.25, 0.3) is 0 Å². The van der Waals surface area contributed by atoms with Gasteiger partial charge < -0.3 is 10.6 Å². The third-order valence-electron chi connectivity index (χ3n) is 3.89. The van der Waals surface area contributed by atoms with Crippen molar-refractivity contribution in [1.29, 1.82) is 0 Å². The highest BCUT2D eigenvalue weighted by molar-refractivity contribution is 7.89. The summed E-state index contributed by atoms with van der Waals surface area (Å²) in [4.78, 5) is 15.4. The minimum absolute atomic E-state index is 0.0523. The molecule has 0 spiro atoms. The fourth-order valence-electron chi connectivity index (χ4n) is 2.42. The first kappa shape index (κ1) is 20.4. The predicted molar refractivity (Wildman–Crippen MR) is 110 cm³/mol. The number of anilines is 3. The van der Waals surface area contributed by atoms with Crippen LogP contribution in [0.5, 0.6) is 0 Å². The summed E-state index contributed by atoms with van der Waals surface area (Å²) in [7, 11) is -3.71. The molecule has 0 aliphatic heterocycles. The van der Waals surface area contributed by atoms with Crippen molar-refractivity contribution in [1.82, 2.24) is 19.9 Å². The minimum atomic E-state index is -3.71. The predicted octanol–water partition coefficient (Wildman–Crippen LogP) is 2.21. The molecular weight excluding hydrogens is 392 g/mol. The maximum Gasteiger partial charge on any atom is 0.240 e. The lowest BCUT2D eigenvalue weighted by Gasteiger charge is -2.09. The number of nitrogens with zero attached hydrogens (tertiary/aromatic N) is 3. The molecule has 3 rings (SSSR count). The molecule has 10 heteroatoms. The van der Waals surface area contributed by atoms with Crippen LogP contribution in [-0.2, 0) is 10.0 Å². The van der Waals surface area contributed by atoms with Crippen LogP contribution in [-0.4, -0.2) is 42.5 Å². The van der Waals surface area contributed by atoms with Gasteiger partial charge in [-0.25, -0.2) is 13.1 Å². The second-order valence-electron chi connectivity index (χ2n) is 6.07. The molecule has 2 heterocycles. The highest BCUT2D eigenvalue weighted by atomic mass is 32.2. The summed E-state index contributed by atoms with van der Waals surface area (Å²) in [6, 6.07) is 13.0. The fraction of sp³-hybridized carbons (Fsp3) is 0.158. The number of Topliss-reactive ketones (excluding diaryl/α,β-unsaturated/α-hetero) is 1. The molecule has 0 atom stereocenters. The van der Waals surface area contributed by atoms with E-state index in [4.69, 9.17) is 0 Å². The highest BCUT2D eigenvalue weighted by Crippen LogP contribution is 2.14. The lowest BCUT2D eigenvalue weighted by Crippen LogP contribution is -2.29. The summed E-state index contributed by atoms with van der Waals surface area (Å²) in [5.41, 5.74) is 1.19. The van der Waals surface area contributed by atoms with Crippen molar-refractivity contribution >= 4 is 33.1 Å². The number of aromatic nitrogens is 3. The summed E-state index contributed by atoms with van der Waals surface area (Å²) in [5, 5.41) is 14.2. The molecule has 9 nitrogen and oxygen atoms in total. The molecule has 29 heavy (non-hydrogen) atoms. The van der Waals surface area contributed by atoms with Gasteiger partial charge in [0.1, 0.15) is 5.82 Å². The van der Waals surface area contributed by atoms with Gasteiger partial charge in [-0.1, -0.05) is 12.1 Å². The zero-order chi connectivity index (χ0) is 20.7. The Labute approximate surface area is 168 Å². The fourth-order valence-corrected chi connectivity index (χ4v) is 3.50. The molecule has 2 aromatic heterocycles. The van der Waals surface area contributed by atoms with Gasteiger partial charge in [-0.3, -0.25) is 9.78 Å². The molecule has 0 saturated carbocycles. The summed E-state index contributed by atoms with van der Waals surface area (Å²) in [6.45, 7) is 1.85. The second-order valence-corrected chi connectivity index (χ2v) is 7.84. The van der Waals surface area contributed by atoms with Crippen molar-refractivity contribution in [2.75, 3.05) is 23.7 Å². The minimum Gasteiger partial charge on any atom is -0.367 e. The maximum absolute atomic E-state index is 12.3. The van der Waals surface area contributed by atoms with E-state index in [0.29, 0.717) is 23.7 Å². The van der Waals surface area contributed by atoms with E-state index in [1.54, 1.807) is 36.7 Å². The Morgan fingerprint density at radius 1 is 0.966 bits per heavy atom.